The molecule has 3 rings (SSSR count). The predicted molar refractivity (Wildman–Crippen MR) is 93.8 cm³/mol. The highest BCUT2D eigenvalue weighted by molar-refractivity contribution is 5.97. The van der Waals surface area contributed by atoms with Gasteiger partial charge in [-0.2, -0.15) is 0 Å². The van der Waals surface area contributed by atoms with Gasteiger partial charge >= 0.3 is 0 Å². The number of hydrogen-bond donors (Lipinski definition) is 3. The molecule has 0 fully saturated rings. The number of benzene rings is 2. The van der Waals surface area contributed by atoms with Crippen LogP contribution >= 0.6 is 0 Å². The number of amides is 1. The fraction of sp³-hybridized carbons (Fsp3) is 0.222. The molecule has 124 valence electrons. The lowest BCUT2D eigenvalue weighted by Crippen LogP contribution is -2.18. The van der Waals surface area contributed by atoms with Crippen LogP contribution in [-0.2, 0) is 7.05 Å². The molecule has 0 saturated heterocycles. The van der Waals surface area contributed by atoms with Crippen molar-refractivity contribution < 1.29 is 10.0 Å². The number of anilines is 2. The van der Waals surface area contributed by atoms with E-state index < -0.39 is 5.91 Å². The van der Waals surface area contributed by atoms with Gasteiger partial charge in [0.15, 0.2) is 0 Å². The topological polar surface area (TPSA) is 79.2 Å². The molecule has 0 atom stereocenters. The zero-order valence-corrected chi connectivity index (χ0v) is 13.9. The van der Waals surface area contributed by atoms with Crippen molar-refractivity contribution in [1.29, 1.82) is 0 Å². The highest BCUT2D eigenvalue weighted by Gasteiger charge is 2.11. The van der Waals surface area contributed by atoms with E-state index >= 15 is 0 Å². The molecule has 0 aliphatic heterocycles. The van der Waals surface area contributed by atoms with Crippen molar-refractivity contribution in [2.24, 2.45) is 7.05 Å². The van der Waals surface area contributed by atoms with Gasteiger partial charge in [-0.25, -0.2) is 10.5 Å². The molecule has 2 aromatic carbocycles. The van der Waals surface area contributed by atoms with Crippen LogP contribution < -0.4 is 10.8 Å². The van der Waals surface area contributed by atoms with Crippen molar-refractivity contribution in [3.63, 3.8) is 0 Å². The Morgan fingerprint density at radius 3 is 2.50 bits per heavy atom. The zero-order valence-electron chi connectivity index (χ0n) is 13.9. The molecule has 0 spiro atoms. The summed E-state index contributed by atoms with van der Waals surface area (Å²) in [6, 6.07) is 13.3. The van der Waals surface area contributed by atoms with Gasteiger partial charge in [0.2, 0.25) is 5.95 Å². The number of rotatable bonds is 4. The molecule has 0 radical (unpaired) electrons. The Hall–Kier alpha value is -2.86. The van der Waals surface area contributed by atoms with E-state index in [-0.39, 0.29) is 0 Å². The van der Waals surface area contributed by atoms with Crippen LogP contribution in [0.25, 0.3) is 11.0 Å². The van der Waals surface area contributed by atoms with Crippen LogP contribution in [0.1, 0.15) is 35.7 Å². The van der Waals surface area contributed by atoms with Crippen LogP contribution in [0.15, 0.2) is 42.5 Å². The minimum absolute atomic E-state index is 0.357. The van der Waals surface area contributed by atoms with E-state index in [1.165, 1.54) is 5.56 Å². The number of aromatic nitrogens is 2. The fourth-order valence-electron chi connectivity index (χ4n) is 2.60. The summed E-state index contributed by atoms with van der Waals surface area (Å²) in [5.41, 5.74) is 5.80. The third-order valence-electron chi connectivity index (χ3n) is 4.08. The van der Waals surface area contributed by atoms with Crippen molar-refractivity contribution in [3.8, 4) is 0 Å². The summed E-state index contributed by atoms with van der Waals surface area (Å²) in [5.74, 6) is 0.621. The maximum atomic E-state index is 11.5. The van der Waals surface area contributed by atoms with Crippen molar-refractivity contribution in [3.05, 3.63) is 53.6 Å². The molecular formula is C18H20N4O2. The van der Waals surface area contributed by atoms with Gasteiger partial charge < -0.3 is 9.88 Å². The second-order valence-corrected chi connectivity index (χ2v) is 6.04. The summed E-state index contributed by atoms with van der Waals surface area (Å²) in [4.78, 5) is 16.0. The van der Waals surface area contributed by atoms with Gasteiger partial charge in [-0.05, 0) is 41.8 Å². The number of nitrogens with one attached hydrogen (secondary N) is 2. The monoisotopic (exact) mass is 324 g/mol. The van der Waals surface area contributed by atoms with Crippen molar-refractivity contribution in [1.82, 2.24) is 15.0 Å². The minimum Gasteiger partial charge on any atom is -0.326 e. The van der Waals surface area contributed by atoms with Gasteiger partial charge in [0.05, 0.1) is 11.0 Å². The molecule has 3 N–H and O–H groups in total. The Bertz CT molecular complexity index is 882. The van der Waals surface area contributed by atoms with Crippen LogP contribution in [0.5, 0.6) is 0 Å². The van der Waals surface area contributed by atoms with Crippen LogP contribution in [0, 0.1) is 0 Å². The number of hydrogen-bond acceptors (Lipinski definition) is 4. The van der Waals surface area contributed by atoms with Gasteiger partial charge in [0.1, 0.15) is 0 Å². The normalized spacial score (nSPS) is 11.0. The molecule has 1 amide bonds. The van der Waals surface area contributed by atoms with Crippen LogP contribution in [-0.4, -0.2) is 20.7 Å². The van der Waals surface area contributed by atoms with E-state index in [1.807, 2.05) is 23.7 Å². The van der Waals surface area contributed by atoms with Crippen molar-refractivity contribution in [2.75, 3.05) is 5.32 Å². The lowest BCUT2D eigenvalue weighted by molar-refractivity contribution is 0.0706. The quantitative estimate of drug-likeness (QED) is 0.506. The number of imidazole rings is 1. The molecule has 24 heavy (non-hydrogen) atoms. The average molecular weight is 324 g/mol. The van der Waals surface area contributed by atoms with E-state index in [0.29, 0.717) is 22.9 Å². The highest BCUT2D eigenvalue weighted by atomic mass is 16.5. The second kappa shape index (κ2) is 6.33. The maximum Gasteiger partial charge on any atom is 0.274 e. The van der Waals surface area contributed by atoms with Gasteiger partial charge in [-0.3, -0.25) is 10.0 Å². The molecule has 0 aliphatic carbocycles. The zero-order chi connectivity index (χ0) is 17.3. The molecule has 1 heterocycles. The second-order valence-electron chi connectivity index (χ2n) is 6.04. The number of fused-ring (bicyclic) bond motifs is 1. The smallest absolute Gasteiger partial charge is 0.274 e. The van der Waals surface area contributed by atoms with Crippen LogP contribution in [0.2, 0.25) is 0 Å². The number of aryl methyl sites for hydroxylation is 1. The first kappa shape index (κ1) is 16.0. The van der Waals surface area contributed by atoms with Crippen molar-refractivity contribution >= 4 is 28.6 Å². The summed E-state index contributed by atoms with van der Waals surface area (Å²) >= 11 is 0. The fourth-order valence-corrected chi connectivity index (χ4v) is 2.60. The Labute approximate surface area is 140 Å². The number of carbonyl (C=O) groups is 1. The molecule has 6 nitrogen and oxygen atoms in total. The van der Waals surface area contributed by atoms with E-state index in [0.717, 1.165) is 11.2 Å². The van der Waals surface area contributed by atoms with Crippen LogP contribution in [0.4, 0.5) is 11.6 Å². The number of carbonyl (C=O) groups excluding carboxylic acids is 1. The molecule has 0 saturated carbocycles. The predicted octanol–water partition coefficient (Wildman–Crippen LogP) is 3.56. The maximum absolute atomic E-state index is 11.5. The molecule has 3 aromatic rings. The summed E-state index contributed by atoms with van der Waals surface area (Å²) in [5, 5.41) is 12.0. The molecule has 0 bridgehead atoms. The first-order chi connectivity index (χ1) is 11.5. The summed E-state index contributed by atoms with van der Waals surface area (Å²) in [6.07, 6.45) is 0. The Morgan fingerprint density at radius 1 is 1.17 bits per heavy atom. The van der Waals surface area contributed by atoms with Gasteiger partial charge in [0.25, 0.3) is 5.91 Å². The SMILES string of the molecule is CC(C)c1ccc(Nc2nc3cc(C(=O)NO)ccc3n2C)cc1. The molecule has 1 aromatic heterocycles. The van der Waals surface area contributed by atoms with E-state index in [4.69, 9.17) is 5.21 Å². The van der Waals surface area contributed by atoms with E-state index in [2.05, 4.69) is 36.3 Å². The molecule has 0 unspecified atom stereocenters. The van der Waals surface area contributed by atoms with Gasteiger partial charge in [-0.15, -0.1) is 0 Å². The molecule has 0 aliphatic rings. The summed E-state index contributed by atoms with van der Waals surface area (Å²) in [6.45, 7) is 4.32. The summed E-state index contributed by atoms with van der Waals surface area (Å²) in [7, 11) is 1.91. The lowest BCUT2D eigenvalue weighted by Gasteiger charge is -2.09. The Kier molecular flexibility index (Phi) is 4.22. The first-order valence-electron chi connectivity index (χ1n) is 7.77. The lowest BCUT2D eigenvalue weighted by atomic mass is 10.0. The van der Waals surface area contributed by atoms with Crippen LogP contribution in [0.3, 0.4) is 0 Å². The third kappa shape index (κ3) is 2.96. The third-order valence-corrected chi connectivity index (χ3v) is 4.08. The van der Waals surface area contributed by atoms with E-state index in [1.54, 1.807) is 23.7 Å². The number of hydroxylamine groups is 1. The highest BCUT2D eigenvalue weighted by Crippen LogP contribution is 2.24. The minimum atomic E-state index is -0.554. The average Bonchev–Trinajstić information content (AvgIpc) is 2.90. The first-order valence-corrected chi connectivity index (χ1v) is 7.77. The Morgan fingerprint density at radius 2 is 1.88 bits per heavy atom. The number of nitrogens with zero attached hydrogens (tertiary/aromatic N) is 2. The van der Waals surface area contributed by atoms with Crippen molar-refractivity contribution in [2.45, 2.75) is 19.8 Å². The summed E-state index contributed by atoms with van der Waals surface area (Å²) < 4.78 is 1.92. The molecule has 6 heteroatoms. The van der Waals surface area contributed by atoms with Gasteiger partial charge in [0, 0.05) is 18.3 Å². The standard InChI is InChI=1S/C18H20N4O2/c1-11(2)12-4-7-14(8-5-12)19-18-20-15-10-13(17(23)21-24)6-9-16(15)22(18)3/h4-11,24H,1-3H3,(H,19,20)(H,21,23). The molecular weight excluding hydrogens is 304 g/mol. The Balaban J connectivity index is 1.91. The largest absolute Gasteiger partial charge is 0.326 e. The van der Waals surface area contributed by atoms with Gasteiger partial charge in [-0.1, -0.05) is 26.0 Å². The van der Waals surface area contributed by atoms with E-state index in [9.17, 15) is 4.79 Å².